The van der Waals surface area contributed by atoms with E-state index in [2.05, 4.69) is 10.6 Å². The van der Waals surface area contributed by atoms with Crippen molar-refractivity contribution in [3.8, 4) is 0 Å². The minimum absolute atomic E-state index is 0.0716. The van der Waals surface area contributed by atoms with Crippen LogP contribution in [0.25, 0.3) is 0 Å². The second-order valence-electron chi connectivity index (χ2n) is 7.02. The molecule has 0 bridgehead atoms. The zero-order chi connectivity index (χ0) is 25.3. The van der Waals surface area contributed by atoms with Gasteiger partial charge in [0.1, 0.15) is 6.54 Å². The molecule has 0 aromatic heterocycles. The van der Waals surface area contributed by atoms with Gasteiger partial charge in [0.05, 0.1) is 5.56 Å². The van der Waals surface area contributed by atoms with Crippen molar-refractivity contribution in [3.05, 3.63) is 65.2 Å². The summed E-state index contributed by atoms with van der Waals surface area (Å²) < 4.78 is 42.5. The Morgan fingerprint density at radius 1 is 0.941 bits per heavy atom. The lowest BCUT2D eigenvalue weighted by atomic mass is 10.1. The number of benzene rings is 2. The third-order valence-corrected chi connectivity index (χ3v) is 4.68. The van der Waals surface area contributed by atoms with Crippen LogP contribution >= 0.6 is 0 Å². The highest BCUT2D eigenvalue weighted by Gasteiger charge is 2.30. The minimum atomic E-state index is -4.53. The number of alkyl halides is 3. The van der Waals surface area contributed by atoms with E-state index in [1.165, 1.54) is 6.07 Å². The van der Waals surface area contributed by atoms with Crippen LogP contribution in [0.4, 0.5) is 18.9 Å². The molecule has 2 aromatic carbocycles. The molecule has 182 valence electrons. The van der Waals surface area contributed by atoms with Gasteiger partial charge >= 0.3 is 12.1 Å². The number of amides is 3. The maximum Gasteiger partial charge on any atom is 0.416 e. The highest BCUT2D eigenvalue weighted by Crippen LogP contribution is 2.29. The summed E-state index contributed by atoms with van der Waals surface area (Å²) in [6.07, 6.45) is -4.53. The molecule has 0 aliphatic heterocycles. The van der Waals surface area contributed by atoms with Gasteiger partial charge in [-0.1, -0.05) is 6.07 Å². The van der Waals surface area contributed by atoms with Crippen LogP contribution in [0.15, 0.2) is 48.5 Å². The summed E-state index contributed by atoms with van der Waals surface area (Å²) >= 11 is 0. The van der Waals surface area contributed by atoms with Crippen LogP contribution < -0.4 is 10.6 Å². The number of rotatable bonds is 9. The van der Waals surface area contributed by atoms with Gasteiger partial charge in [0.25, 0.3) is 17.7 Å². The Kier molecular flexibility index (Phi) is 9.17. The van der Waals surface area contributed by atoms with Crippen molar-refractivity contribution in [2.24, 2.45) is 0 Å². The molecule has 0 radical (unpaired) electrons. The van der Waals surface area contributed by atoms with Crippen molar-refractivity contribution in [2.75, 3.05) is 31.6 Å². The first-order valence-corrected chi connectivity index (χ1v) is 10.3. The van der Waals surface area contributed by atoms with Gasteiger partial charge in [-0.2, -0.15) is 13.2 Å². The normalized spacial score (nSPS) is 10.9. The smallest absolute Gasteiger partial charge is 0.416 e. The van der Waals surface area contributed by atoms with Crippen molar-refractivity contribution < 1.29 is 37.1 Å². The average Bonchev–Trinajstić information content (AvgIpc) is 2.81. The van der Waals surface area contributed by atoms with Gasteiger partial charge in [-0.15, -0.1) is 0 Å². The van der Waals surface area contributed by atoms with Crippen LogP contribution in [0.5, 0.6) is 0 Å². The number of halogens is 3. The fourth-order valence-corrected chi connectivity index (χ4v) is 2.88. The lowest BCUT2D eigenvalue weighted by Gasteiger charge is -2.19. The fraction of sp³-hybridized carbons (Fsp3) is 0.304. The number of hydrogen-bond donors (Lipinski definition) is 2. The number of carbonyl (C=O) groups is 4. The van der Waals surface area contributed by atoms with Crippen LogP contribution in [0, 0.1) is 0 Å². The molecule has 2 N–H and O–H groups in total. The van der Waals surface area contributed by atoms with Crippen LogP contribution in [0.3, 0.4) is 0 Å². The number of anilines is 1. The minimum Gasteiger partial charge on any atom is -0.454 e. The monoisotopic (exact) mass is 479 g/mol. The molecule has 0 saturated heterocycles. The first kappa shape index (κ1) is 26.4. The Hall–Kier alpha value is -3.89. The van der Waals surface area contributed by atoms with Gasteiger partial charge in [0, 0.05) is 29.9 Å². The Balaban J connectivity index is 1.81. The van der Waals surface area contributed by atoms with Crippen molar-refractivity contribution in [3.63, 3.8) is 0 Å². The van der Waals surface area contributed by atoms with E-state index in [9.17, 15) is 32.3 Å². The second kappa shape index (κ2) is 11.8. The average molecular weight is 479 g/mol. The van der Waals surface area contributed by atoms with Crippen molar-refractivity contribution >= 4 is 29.4 Å². The molecule has 0 saturated carbocycles. The largest absolute Gasteiger partial charge is 0.454 e. The standard InChI is InChI=1S/C23H24F3N3O5/c1-3-29(4-2)22(33)16-6-5-7-18(12-16)28-19(30)14-34-20(31)13-27-21(32)15-8-10-17(11-9-15)23(24,25)26/h5-12H,3-4,13-14H2,1-2H3,(H,27,32)(H,28,30). The predicted molar refractivity (Wildman–Crippen MR) is 117 cm³/mol. The Morgan fingerprint density at radius 2 is 1.59 bits per heavy atom. The maximum atomic E-state index is 12.6. The zero-order valence-electron chi connectivity index (χ0n) is 18.6. The molecule has 0 aliphatic rings. The maximum absolute atomic E-state index is 12.6. The van der Waals surface area contributed by atoms with Gasteiger partial charge in [0.15, 0.2) is 6.61 Å². The van der Waals surface area contributed by atoms with Crippen molar-refractivity contribution in [1.82, 2.24) is 10.2 Å². The summed E-state index contributed by atoms with van der Waals surface area (Å²) in [6.45, 7) is 3.57. The van der Waals surface area contributed by atoms with E-state index in [1.54, 1.807) is 23.1 Å². The number of nitrogens with zero attached hydrogens (tertiary/aromatic N) is 1. The van der Waals surface area contributed by atoms with Crippen LogP contribution in [0.1, 0.15) is 40.1 Å². The topological polar surface area (TPSA) is 105 Å². The van der Waals surface area contributed by atoms with E-state index in [4.69, 9.17) is 4.74 Å². The first-order valence-electron chi connectivity index (χ1n) is 10.3. The van der Waals surface area contributed by atoms with E-state index in [1.807, 2.05) is 13.8 Å². The number of nitrogens with one attached hydrogen (secondary N) is 2. The second-order valence-corrected chi connectivity index (χ2v) is 7.02. The molecule has 0 heterocycles. The van der Waals surface area contributed by atoms with Crippen LogP contribution in [0.2, 0.25) is 0 Å². The first-order chi connectivity index (χ1) is 16.0. The highest BCUT2D eigenvalue weighted by atomic mass is 19.4. The van der Waals surface area contributed by atoms with Gasteiger partial charge < -0.3 is 20.3 Å². The lowest BCUT2D eigenvalue weighted by molar-refractivity contribution is -0.146. The molecule has 3 amide bonds. The van der Waals surface area contributed by atoms with Crippen LogP contribution in [-0.4, -0.2) is 54.8 Å². The quantitative estimate of drug-likeness (QED) is 0.538. The summed E-state index contributed by atoms with van der Waals surface area (Å²) in [4.78, 5) is 49.8. The SMILES string of the molecule is CCN(CC)C(=O)c1cccc(NC(=O)COC(=O)CNC(=O)c2ccc(C(F)(F)F)cc2)c1. The van der Waals surface area contributed by atoms with Gasteiger partial charge in [0.2, 0.25) is 0 Å². The van der Waals surface area contributed by atoms with E-state index >= 15 is 0 Å². The highest BCUT2D eigenvalue weighted by molar-refractivity contribution is 5.98. The molecule has 0 spiro atoms. The number of carbonyl (C=O) groups excluding carboxylic acids is 4. The molecule has 8 nitrogen and oxygen atoms in total. The number of hydrogen-bond acceptors (Lipinski definition) is 5. The van der Waals surface area contributed by atoms with E-state index in [0.717, 1.165) is 24.3 Å². The summed E-state index contributed by atoms with van der Waals surface area (Å²) in [7, 11) is 0. The molecule has 0 unspecified atom stereocenters. The Labute approximate surface area is 194 Å². The van der Waals surface area contributed by atoms with E-state index in [0.29, 0.717) is 24.3 Å². The molecule has 34 heavy (non-hydrogen) atoms. The van der Waals surface area contributed by atoms with Gasteiger partial charge in [-0.25, -0.2) is 0 Å². The fourth-order valence-electron chi connectivity index (χ4n) is 2.88. The zero-order valence-corrected chi connectivity index (χ0v) is 18.6. The molecule has 0 atom stereocenters. The summed E-state index contributed by atoms with van der Waals surface area (Å²) in [5.41, 5.74) is -0.241. The van der Waals surface area contributed by atoms with E-state index in [-0.39, 0.29) is 11.5 Å². The summed E-state index contributed by atoms with van der Waals surface area (Å²) in [6, 6.07) is 9.77. The lowest BCUT2D eigenvalue weighted by Crippen LogP contribution is -2.32. The molecular weight excluding hydrogens is 455 g/mol. The van der Waals surface area contributed by atoms with Crippen molar-refractivity contribution in [2.45, 2.75) is 20.0 Å². The van der Waals surface area contributed by atoms with E-state index < -0.39 is 42.7 Å². The third kappa shape index (κ3) is 7.61. The van der Waals surface area contributed by atoms with Crippen LogP contribution in [-0.2, 0) is 20.5 Å². The van der Waals surface area contributed by atoms with Gasteiger partial charge in [-0.3, -0.25) is 19.2 Å². The predicted octanol–water partition coefficient (Wildman–Crippen LogP) is 3.10. The Morgan fingerprint density at radius 3 is 2.18 bits per heavy atom. The summed E-state index contributed by atoms with van der Waals surface area (Å²) in [5.74, 6) is -2.53. The molecule has 11 heteroatoms. The summed E-state index contributed by atoms with van der Waals surface area (Å²) in [5, 5.41) is 4.71. The van der Waals surface area contributed by atoms with Crippen molar-refractivity contribution in [1.29, 1.82) is 0 Å². The third-order valence-electron chi connectivity index (χ3n) is 4.68. The molecule has 2 rings (SSSR count). The molecule has 0 aliphatic carbocycles. The van der Waals surface area contributed by atoms with Gasteiger partial charge in [-0.05, 0) is 56.3 Å². The molecular formula is C23H24F3N3O5. The number of esters is 1. The molecule has 0 fully saturated rings. The Bertz CT molecular complexity index is 1030. The molecule has 2 aromatic rings. The number of ether oxygens (including phenoxy) is 1.